The first-order chi connectivity index (χ1) is 15.7. The molecule has 1 aliphatic carbocycles. The van der Waals surface area contributed by atoms with Crippen LogP contribution in [0.2, 0.25) is 0 Å². The second-order valence-electron chi connectivity index (χ2n) is 8.61. The van der Waals surface area contributed by atoms with Crippen molar-refractivity contribution in [1.82, 2.24) is 30.2 Å². The van der Waals surface area contributed by atoms with Gasteiger partial charge in [0.1, 0.15) is 11.3 Å². The van der Waals surface area contributed by atoms with Crippen LogP contribution in [0.15, 0.2) is 47.4 Å². The van der Waals surface area contributed by atoms with Gasteiger partial charge in [-0.25, -0.2) is 4.98 Å². The van der Waals surface area contributed by atoms with Gasteiger partial charge in [0.15, 0.2) is 5.82 Å². The summed E-state index contributed by atoms with van der Waals surface area (Å²) < 4.78 is 1.40. The van der Waals surface area contributed by atoms with Gasteiger partial charge in [-0.3, -0.25) is 14.0 Å². The molecule has 0 spiro atoms. The van der Waals surface area contributed by atoms with Crippen LogP contribution in [0.25, 0.3) is 5.65 Å². The van der Waals surface area contributed by atoms with E-state index in [4.69, 9.17) is 0 Å². The molecule has 1 saturated carbocycles. The van der Waals surface area contributed by atoms with Crippen molar-refractivity contribution in [3.8, 4) is 0 Å². The molecule has 0 aromatic carbocycles. The van der Waals surface area contributed by atoms with Gasteiger partial charge >= 0.3 is 0 Å². The third-order valence-electron chi connectivity index (χ3n) is 6.08. The average Bonchev–Trinajstić information content (AvgIpc) is 3.66. The van der Waals surface area contributed by atoms with Gasteiger partial charge in [0.25, 0.3) is 11.5 Å². The molecule has 32 heavy (non-hydrogen) atoms. The number of nitrogens with one attached hydrogen (secondary N) is 2. The molecular weight excluding hydrogens is 406 g/mol. The fourth-order valence-electron chi connectivity index (χ4n) is 4.05. The molecule has 0 unspecified atom stereocenters. The molecule has 1 amide bonds. The fourth-order valence-corrected chi connectivity index (χ4v) is 4.05. The van der Waals surface area contributed by atoms with Crippen LogP contribution in [0.3, 0.4) is 0 Å². The lowest BCUT2D eigenvalue weighted by atomic mass is 10.1. The topological polar surface area (TPSA) is 105 Å². The normalized spacial score (nSPS) is 18.6. The van der Waals surface area contributed by atoms with Crippen molar-refractivity contribution in [2.45, 2.75) is 38.3 Å². The van der Waals surface area contributed by atoms with E-state index in [-0.39, 0.29) is 17.8 Å². The predicted molar refractivity (Wildman–Crippen MR) is 121 cm³/mol. The maximum absolute atomic E-state index is 12.5. The van der Waals surface area contributed by atoms with Crippen LogP contribution in [-0.4, -0.2) is 51.2 Å². The average molecular weight is 434 g/mol. The number of anilines is 1. The van der Waals surface area contributed by atoms with Gasteiger partial charge in [-0.15, -0.1) is 5.10 Å². The Balaban J connectivity index is 1.18. The van der Waals surface area contributed by atoms with E-state index in [1.807, 2.05) is 12.1 Å². The van der Waals surface area contributed by atoms with E-state index in [1.54, 1.807) is 24.4 Å². The molecule has 1 saturated heterocycles. The fraction of sp³-hybridized carbons (Fsp3) is 0.435. The SMILES string of the molecule is O=C(NCc1ccc(N2CCC[C@@H](NCC3CC3)C2)nn1)c1cc(=O)n2ccccc2n1. The van der Waals surface area contributed by atoms with Crippen molar-refractivity contribution in [3.05, 3.63) is 64.3 Å². The minimum Gasteiger partial charge on any atom is -0.354 e. The van der Waals surface area contributed by atoms with Gasteiger partial charge in [0, 0.05) is 31.4 Å². The number of pyridine rings is 1. The number of aromatic nitrogens is 4. The highest BCUT2D eigenvalue weighted by molar-refractivity contribution is 5.92. The summed E-state index contributed by atoms with van der Waals surface area (Å²) in [6, 6.07) is 10.8. The monoisotopic (exact) mass is 433 g/mol. The number of piperidine rings is 1. The third kappa shape index (κ3) is 4.77. The van der Waals surface area contributed by atoms with E-state index in [1.165, 1.54) is 29.7 Å². The summed E-state index contributed by atoms with van der Waals surface area (Å²) in [5, 5.41) is 15.1. The number of nitrogens with zero attached hydrogens (tertiary/aromatic N) is 5. The molecule has 2 fully saturated rings. The second-order valence-corrected chi connectivity index (χ2v) is 8.61. The number of rotatable bonds is 7. The van der Waals surface area contributed by atoms with Crippen molar-refractivity contribution < 1.29 is 4.79 Å². The summed E-state index contributed by atoms with van der Waals surface area (Å²) >= 11 is 0. The largest absolute Gasteiger partial charge is 0.354 e. The Labute approximate surface area is 185 Å². The van der Waals surface area contributed by atoms with Crippen molar-refractivity contribution in [1.29, 1.82) is 0 Å². The number of fused-ring (bicyclic) bond motifs is 1. The quantitative estimate of drug-likeness (QED) is 0.580. The van der Waals surface area contributed by atoms with E-state index >= 15 is 0 Å². The molecule has 3 aromatic rings. The highest BCUT2D eigenvalue weighted by atomic mass is 16.2. The van der Waals surface area contributed by atoms with Crippen LogP contribution in [0, 0.1) is 5.92 Å². The summed E-state index contributed by atoms with van der Waals surface area (Å²) in [6.07, 6.45) is 6.69. The molecule has 9 heteroatoms. The Bertz CT molecular complexity index is 1160. The second kappa shape index (κ2) is 9.04. The molecule has 0 bridgehead atoms. The summed E-state index contributed by atoms with van der Waals surface area (Å²) in [5.41, 5.74) is 0.876. The smallest absolute Gasteiger partial charge is 0.270 e. The zero-order chi connectivity index (χ0) is 21.9. The van der Waals surface area contributed by atoms with E-state index < -0.39 is 5.91 Å². The van der Waals surface area contributed by atoms with Crippen LogP contribution in [0.1, 0.15) is 41.9 Å². The van der Waals surface area contributed by atoms with Crippen LogP contribution < -0.4 is 21.1 Å². The van der Waals surface area contributed by atoms with Crippen LogP contribution in [0.4, 0.5) is 5.82 Å². The van der Waals surface area contributed by atoms with Crippen LogP contribution >= 0.6 is 0 Å². The van der Waals surface area contributed by atoms with Crippen molar-refractivity contribution in [2.75, 3.05) is 24.5 Å². The van der Waals surface area contributed by atoms with E-state index in [2.05, 4.69) is 30.7 Å². The lowest BCUT2D eigenvalue weighted by molar-refractivity contribution is 0.0945. The molecule has 1 aliphatic heterocycles. The standard InChI is InChI=1S/C23H27N7O2/c31-22-12-19(26-20-5-1-2-11-30(20)22)23(32)25-14-17-8-9-21(28-27-17)29-10-3-4-18(15-29)24-13-16-6-7-16/h1-2,5,8-9,11-12,16,18,24H,3-4,6-7,10,13-15H2,(H,25,32)/t18-/m1/s1. The van der Waals surface area contributed by atoms with Crippen LogP contribution in [-0.2, 0) is 6.54 Å². The molecule has 4 heterocycles. The number of carbonyl (C=O) groups excluding carboxylic acids is 1. The Morgan fingerprint density at radius 3 is 2.84 bits per heavy atom. The Hall–Kier alpha value is -3.33. The Morgan fingerprint density at radius 1 is 1.12 bits per heavy atom. The lowest BCUT2D eigenvalue weighted by Gasteiger charge is -2.33. The minimum absolute atomic E-state index is 0.0869. The zero-order valence-electron chi connectivity index (χ0n) is 17.9. The minimum atomic E-state index is -0.417. The summed E-state index contributed by atoms with van der Waals surface area (Å²) in [7, 11) is 0. The van der Waals surface area contributed by atoms with Gasteiger partial charge < -0.3 is 15.5 Å². The predicted octanol–water partition coefficient (Wildman–Crippen LogP) is 1.38. The molecular formula is C23H27N7O2. The zero-order valence-corrected chi connectivity index (χ0v) is 17.9. The van der Waals surface area contributed by atoms with Gasteiger partial charge in [-0.05, 0) is 62.4 Å². The van der Waals surface area contributed by atoms with E-state index in [0.717, 1.165) is 37.8 Å². The van der Waals surface area contributed by atoms with Gasteiger partial charge in [0.05, 0.1) is 12.2 Å². The molecule has 2 N–H and O–H groups in total. The number of carbonyl (C=O) groups is 1. The Morgan fingerprint density at radius 2 is 2.03 bits per heavy atom. The Kier molecular flexibility index (Phi) is 5.81. The van der Waals surface area contributed by atoms with Crippen molar-refractivity contribution in [3.63, 3.8) is 0 Å². The summed E-state index contributed by atoms with van der Waals surface area (Å²) in [4.78, 5) is 31.2. The number of hydrogen-bond acceptors (Lipinski definition) is 7. The molecule has 0 radical (unpaired) electrons. The maximum atomic E-state index is 12.5. The molecule has 5 rings (SSSR count). The van der Waals surface area contributed by atoms with Gasteiger partial charge in [0.2, 0.25) is 0 Å². The number of amides is 1. The molecule has 166 valence electrons. The first-order valence-electron chi connectivity index (χ1n) is 11.2. The van der Waals surface area contributed by atoms with E-state index in [0.29, 0.717) is 17.4 Å². The lowest BCUT2D eigenvalue weighted by Crippen LogP contribution is -2.46. The molecule has 1 atom stereocenters. The van der Waals surface area contributed by atoms with Crippen LogP contribution in [0.5, 0.6) is 0 Å². The van der Waals surface area contributed by atoms with Gasteiger partial charge in [-0.1, -0.05) is 6.07 Å². The summed E-state index contributed by atoms with van der Waals surface area (Å²) in [6.45, 7) is 3.27. The van der Waals surface area contributed by atoms with Gasteiger partial charge in [-0.2, -0.15) is 5.10 Å². The van der Waals surface area contributed by atoms with Crippen molar-refractivity contribution in [2.24, 2.45) is 5.92 Å². The molecule has 2 aliphatic rings. The highest BCUT2D eigenvalue weighted by Gasteiger charge is 2.25. The number of hydrogen-bond donors (Lipinski definition) is 2. The first-order valence-corrected chi connectivity index (χ1v) is 11.2. The molecule has 3 aromatic heterocycles. The highest BCUT2D eigenvalue weighted by Crippen LogP contribution is 2.28. The molecule has 9 nitrogen and oxygen atoms in total. The first kappa shape index (κ1) is 20.6. The summed E-state index contributed by atoms with van der Waals surface area (Å²) in [5.74, 6) is 1.32. The maximum Gasteiger partial charge on any atom is 0.270 e. The van der Waals surface area contributed by atoms with Crippen molar-refractivity contribution >= 4 is 17.4 Å². The third-order valence-corrected chi connectivity index (χ3v) is 6.08. The van der Waals surface area contributed by atoms with E-state index in [9.17, 15) is 9.59 Å².